The average molecular weight is 248 g/mol. The van der Waals surface area contributed by atoms with Gasteiger partial charge in [-0.05, 0) is 18.2 Å². The number of nitrogens with one attached hydrogen (secondary N) is 1. The summed E-state index contributed by atoms with van der Waals surface area (Å²) in [6, 6.07) is 4.79. The molecule has 0 fully saturated rings. The lowest BCUT2D eigenvalue weighted by Gasteiger charge is -2.23. The number of benzene rings is 1. The van der Waals surface area contributed by atoms with Crippen LogP contribution in [0.15, 0.2) is 18.2 Å². The number of carbonyl (C=O) groups is 1. The van der Waals surface area contributed by atoms with Gasteiger partial charge in [-0.1, -0.05) is 23.2 Å². The van der Waals surface area contributed by atoms with Crippen LogP contribution in [0.25, 0.3) is 0 Å². The molecule has 0 aromatic heterocycles. The summed E-state index contributed by atoms with van der Waals surface area (Å²) in [7, 11) is 5.57. The van der Waals surface area contributed by atoms with E-state index < -0.39 is 0 Å². The SMILES string of the molecule is C[N+](C)(C)NC(=O)c1ccc(Cl)c(Cl)c1. The van der Waals surface area contributed by atoms with Gasteiger partial charge in [-0.15, -0.1) is 0 Å². The molecule has 0 spiro atoms. The van der Waals surface area contributed by atoms with Crippen molar-refractivity contribution in [3.05, 3.63) is 33.8 Å². The van der Waals surface area contributed by atoms with E-state index in [2.05, 4.69) is 5.43 Å². The summed E-state index contributed by atoms with van der Waals surface area (Å²) in [5.74, 6) is -0.180. The molecule has 0 bridgehead atoms. The fraction of sp³-hybridized carbons (Fsp3) is 0.300. The fourth-order valence-corrected chi connectivity index (χ4v) is 1.30. The Morgan fingerprint density at radius 3 is 2.27 bits per heavy atom. The molecular formula is C10H13Cl2N2O+. The molecule has 0 radical (unpaired) electrons. The Balaban J connectivity index is 2.88. The second kappa shape index (κ2) is 4.39. The molecule has 0 aliphatic heterocycles. The zero-order chi connectivity index (χ0) is 11.6. The summed E-state index contributed by atoms with van der Waals surface area (Å²) in [6.07, 6.45) is 0. The van der Waals surface area contributed by atoms with E-state index in [4.69, 9.17) is 23.2 Å². The van der Waals surface area contributed by atoms with Gasteiger partial charge in [0.15, 0.2) is 0 Å². The Morgan fingerprint density at radius 1 is 1.20 bits per heavy atom. The molecule has 0 saturated carbocycles. The van der Waals surface area contributed by atoms with Gasteiger partial charge >= 0.3 is 0 Å². The van der Waals surface area contributed by atoms with Crippen molar-refractivity contribution in [2.45, 2.75) is 0 Å². The van der Waals surface area contributed by atoms with Crippen molar-refractivity contribution in [2.75, 3.05) is 21.1 Å². The number of hydrogen-bond donors (Lipinski definition) is 1. The van der Waals surface area contributed by atoms with Crippen molar-refractivity contribution in [2.24, 2.45) is 0 Å². The Labute approximate surface area is 99.1 Å². The average Bonchev–Trinajstić information content (AvgIpc) is 2.06. The van der Waals surface area contributed by atoms with E-state index in [9.17, 15) is 4.79 Å². The van der Waals surface area contributed by atoms with E-state index in [1.807, 2.05) is 21.1 Å². The largest absolute Gasteiger partial charge is 0.295 e. The van der Waals surface area contributed by atoms with Gasteiger partial charge < -0.3 is 0 Å². The van der Waals surface area contributed by atoms with Crippen LogP contribution in [0.2, 0.25) is 10.0 Å². The minimum atomic E-state index is -0.180. The zero-order valence-corrected chi connectivity index (χ0v) is 10.4. The van der Waals surface area contributed by atoms with E-state index in [1.54, 1.807) is 18.2 Å². The van der Waals surface area contributed by atoms with Gasteiger partial charge in [0.1, 0.15) is 0 Å². The van der Waals surface area contributed by atoms with E-state index in [1.165, 1.54) is 0 Å². The van der Waals surface area contributed by atoms with Crippen molar-refractivity contribution in [3.8, 4) is 0 Å². The first kappa shape index (κ1) is 12.3. The maximum atomic E-state index is 11.7. The highest BCUT2D eigenvalue weighted by atomic mass is 35.5. The summed E-state index contributed by atoms with van der Waals surface area (Å²) < 4.78 is 0.346. The molecule has 0 aliphatic carbocycles. The number of amides is 1. The number of quaternary nitrogens is 1. The predicted octanol–water partition coefficient (Wildman–Crippen LogP) is 2.34. The lowest BCUT2D eigenvalue weighted by molar-refractivity contribution is -0.905. The van der Waals surface area contributed by atoms with Crippen molar-refractivity contribution in [3.63, 3.8) is 0 Å². The predicted molar refractivity (Wildman–Crippen MR) is 62.0 cm³/mol. The number of halogens is 2. The Bertz CT molecular complexity index is 385. The third-order valence-corrected chi connectivity index (χ3v) is 2.36. The number of nitrogens with zero attached hydrogens (tertiary/aromatic N) is 1. The van der Waals surface area contributed by atoms with Crippen molar-refractivity contribution >= 4 is 29.1 Å². The van der Waals surface area contributed by atoms with Gasteiger partial charge in [0.2, 0.25) is 0 Å². The Hall–Kier alpha value is -0.770. The molecule has 0 unspecified atom stereocenters. The summed E-state index contributed by atoms with van der Waals surface area (Å²) in [6.45, 7) is 0. The molecule has 1 aromatic carbocycles. The minimum Gasteiger partial charge on any atom is -0.264 e. The summed E-state index contributed by atoms with van der Waals surface area (Å²) in [4.78, 5) is 11.7. The van der Waals surface area contributed by atoms with Crippen LogP contribution in [0.5, 0.6) is 0 Å². The number of rotatable bonds is 2. The topological polar surface area (TPSA) is 29.1 Å². The second-order valence-corrected chi connectivity index (χ2v) is 4.90. The molecule has 1 aromatic rings. The highest BCUT2D eigenvalue weighted by Gasteiger charge is 2.15. The quantitative estimate of drug-likeness (QED) is 0.631. The van der Waals surface area contributed by atoms with Gasteiger partial charge in [-0.2, -0.15) is 5.43 Å². The lowest BCUT2D eigenvalue weighted by atomic mass is 10.2. The van der Waals surface area contributed by atoms with Crippen LogP contribution in [-0.2, 0) is 0 Å². The standard InChI is InChI=1S/C10H12Cl2N2O/c1-14(2,3)13-10(15)7-4-5-8(11)9(12)6-7/h4-6H,1-3H3/p+1. The maximum absolute atomic E-state index is 11.7. The van der Waals surface area contributed by atoms with Gasteiger partial charge in [0.05, 0.1) is 31.2 Å². The highest BCUT2D eigenvalue weighted by Crippen LogP contribution is 2.22. The third-order valence-electron chi connectivity index (χ3n) is 1.62. The van der Waals surface area contributed by atoms with E-state index >= 15 is 0 Å². The summed E-state index contributed by atoms with van der Waals surface area (Å²) >= 11 is 11.6. The van der Waals surface area contributed by atoms with Crippen LogP contribution in [0, 0.1) is 0 Å². The first-order valence-corrected chi connectivity index (χ1v) is 5.14. The molecule has 0 atom stereocenters. The van der Waals surface area contributed by atoms with Gasteiger partial charge in [-0.25, -0.2) is 4.59 Å². The van der Waals surface area contributed by atoms with E-state index in [-0.39, 0.29) is 5.91 Å². The minimum absolute atomic E-state index is 0.180. The smallest absolute Gasteiger partial charge is 0.264 e. The monoisotopic (exact) mass is 247 g/mol. The molecule has 0 aliphatic rings. The Morgan fingerprint density at radius 2 is 1.80 bits per heavy atom. The molecule has 1 N–H and O–H groups in total. The molecule has 3 nitrogen and oxygen atoms in total. The molecule has 5 heteroatoms. The third kappa shape index (κ3) is 3.70. The van der Waals surface area contributed by atoms with Gasteiger partial charge in [0.25, 0.3) is 5.91 Å². The highest BCUT2D eigenvalue weighted by molar-refractivity contribution is 6.42. The van der Waals surface area contributed by atoms with Crippen LogP contribution >= 0.6 is 23.2 Å². The van der Waals surface area contributed by atoms with Crippen LogP contribution in [0.3, 0.4) is 0 Å². The van der Waals surface area contributed by atoms with Crippen molar-refractivity contribution in [1.29, 1.82) is 0 Å². The summed E-state index contributed by atoms with van der Waals surface area (Å²) in [5, 5.41) is 0.823. The van der Waals surface area contributed by atoms with Crippen LogP contribution < -0.4 is 5.43 Å². The molecule has 0 heterocycles. The van der Waals surface area contributed by atoms with Crippen LogP contribution in [0.1, 0.15) is 10.4 Å². The number of hydrogen-bond acceptors (Lipinski definition) is 1. The van der Waals surface area contributed by atoms with Gasteiger partial charge in [0, 0.05) is 5.56 Å². The molecular weight excluding hydrogens is 235 g/mol. The fourth-order valence-electron chi connectivity index (χ4n) is 1.01. The second-order valence-electron chi connectivity index (χ2n) is 4.08. The lowest BCUT2D eigenvalue weighted by Crippen LogP contribution is -2.51. The molecule has 15 heavy (non-hydrogen) atoms. The van der Waals surface area contributed by atoms with E-state index in [0.29, 0.717) is 20.2 Å². The van der Waals surface area contributed by atoms with Crippen molar-refractivity contribution in [1.82, 2.24) is 5.43 Å². The maximum Gasteiger partial charge on any atom is 0.295 e. The Kier molecular flexibility index (Phi) is 3.60. The van der Waals surface area contributed by atoms with Crippen LogP contribution in [0.4, 0.5) is 0 Å². The van der Waals surface area contributed by atoms with Crippen molar-refractivity contribution < 1.29 is 9.39 Å². The number of carbonyl (C=O) groups excluding carboxylic acids is 1. The van der Waals surface area contributed by atoms with E-state index in [0.717, 1.165) is 0 Å². The molecule has 1 amide bonds. The first-order valence-electron chi connectivity index (χ1n) is 4.39. The first-order chi connectivity index (χ1) is 6.79. The molecule has 82 valence electrons. The summed E-state index contributed by atoms with van der Waals surface area (Å²) in [5.41, 5.74) is 3.28. The zero-order valence-electron chi connectivity index (χ0n) is 8.84. The van der Waals surface area contributed by atoms with Gasteiger partial charge in [-0.3, -0.25) is 4.79 Å². The van der Waals surface area contributed by atoms with Crippen LogP contribution in [-0.4, -0.2) is 31.6 Å². The molecule has 0 saturated heterocycles. The normalized spacial score (nSPS) is 11.3. The molecule has 1 rings (SSSR count).